The second-order valence-corrected chi connectivity index (χ2v) is 7.98. The molecule has 0 fully saturated rings. The molecule has 3 rings (SSSR count). The minimum absolute atomic E-state index is 0.0803. The van der Waals surface area contributed by atoms with E-state index < -0.39 is 5.82 Å². The van der Waals surface area contributed by atoms with Crippen LogP contribution < -0.4 is 10.6 Å². The van der Waals surface area contributed by atoms with Crippen LogP contribution in [0.15, 0.2) is 24.4 Å². The van der Waals surface area contributed by atoms with Crippen LogP contribution in [0.5, 0.6) is 0 Å². The average Bonchev–Trinajstić information content (AvgIpc) is 2.71. The lowest BCUT2D eigenvalue weighted by atomic mass is 10.0. The Balaban J connectivity index is 1.71. The number of fused-ring (bicyclic) bond motifs is 1. The van der Waals surface area contributed by atoms with E-state index in [-0.39, 0.29) is 37.1 Å². The SMILES string of the molecule is CC(CO)Nc1ncc2c(c1F)CN(C(=O)NC(C)c1ccc(Cl)c(Cl)c1)CC2. The smallest absolute Gasteiger partial charge is 0.318 e. The Labute approximate surface area is 179 Å². The lowest BCUT2D eigenvalue weighted by Gasteiger charge is -2.31. The molecule has 156 valence electrons. The number of amides is 2. The van der Waals surface area contributed by atoms with Crippen LogP contribution in [0, 0.1) is 5.82 Å². The molecule has 1 aliphatic heterocycles. The number of carbonyl (C=O) groups excluding carboxylic acids is 1. The topological polar surface area (TPSA) is 77.5 Å². The van der Waals surface area contributed by atoms with Gasteiger partial charge in [-0.3, -0.25) is 0 Å². The number of aliphatic hydroxyl groups is 1. The molecule has 2 aromatic rings. The van der Waals surface area contributed by atoms with E-state index in [2.05, 4.69) is 15.6 Å². The highest BCUT2D eigenvalue weighted by molar-refractivity contribution is 6.42. The average molecular weight is 441 g/mol. The van der Waals surface area contributed by atoms with Crippen molar-refractivity contribution in [2.24, 2.45) is 0 Å². The number of aromatic nitrogens is 1. The third-order valence-electron chi connectivity index (χ3n) is 4.94. The number of halogens is 3. The van der Waals surface area contributed by atoms with Crippen LogP contribution in [0.4, 0.5) is 15.0 Å². The van der Waals surface area contributed by atoms with Crippen LogP contribution in [-0.4, -0.2) is 40.2 Å². The Morgan fingerprint density at radius 2 is 2.10 bits per heavy atom. The Bertz CT molecular complexity index is 912. The van der Waals surface area contributed by atoms with Gasteiger partial charge in [0.25, 0.3) is 0 Å². The number of aliphatic hydroxyl groups excluding tert-OH is 1. The Morgan fingerprint density at radius 1 is 1.34 bits per heavy atom. The van der Waals surface area contributed by atoms with Gasteiger partial charge in [-0.2, -0.15) is 0 Å². The number of pyridine rings is 1. The van der Waals surface area contributed by atoms with Crippen molar-refractivity contribution in [2.45, 2.75) is 38.9 Å². The number of urea groups is 1. The predicted octanol–water partition coefficient (Wildman–Crippen LogP) is 4.15. The van der Waals surface area contributed by atoms with Gasteiger partial charge < -0.3 is 20.6 Å². The Hall–Kier alpha value is -2.09. The van der Waals surface area contributed by atoms with Gasteiger partial charge in [-0.1, -0.05) is 29.3 Å². The molecule has 2 amide bonds. The quantitative estimate of drug-likeness (QED) is 0.652. The lowest BCUT2D eigenvalue weighted by Crippen LogP contribution is -2.44. The number of hydrogen-bond acceptors (Lipinski definition) is 4. The zero-order chi connectivity index (χ0) is 21.1. The van der Waals surface area contributed by atoms with Gasteiger partial charge in [-0.25, -0.2) is 14.2 Å². The number of nitrogens with one attached hydrogen (secondary N) is 2. The highest BCUT2D eigenvalue weighted by Crippen LogP contribution is 2.27. The molecule has 3 N–H and O–H groups in total. The molecule has 2 atom stereocenters. The van der Waals surface area contributed by atoms with Crippen molar-refractivity contribution in [2.75, 3.05) is 18.5 Å². The number of benzene rings is 1. The number of rotatable bonds is 5. The summed E-state index contributed by atoms with van der Waals surface area (Å²) in [5, 5.41) is 15.8. The van der Waals surface area contributed by atoms with E-state index in [4.69, 9.17) is 28.3 Å². The van der Waals surface area contributed by atoms with Gasteiger partial charge in [0, 0.05) is 24.3 Å². The molecule has 2 unspecified atom stereocenters. The maximum absolute atomic E-state index is 14.9. The molecular formula is C20H23Cl2FN4O2. The summed E-state index contributed by atoms with van der Waals surface area (Å²) in [6.45, 7) is 4.04. The molecular weight excluding hydrogens is 418 g/mol. The summed E-state index contributed by atoms with van der Waals surface area (Å²) >= 11 is 12.0. The van der Waals surface area contributed by atoms with Crippen LogP contribution >= 0.6 is 23.2 Å². The van der Waals surface area contributed by atoms with Crippen molar-refractivity contribution >= 4 is 35.1 Å². The molecule has 9 heteroatoms. The molecule has 0 saturated carbocycles. The van der Waals surface area contributed by atoms with E-state index in [1.807, 2.05) is 6.92 Å². The van der Waals surface area contributed by atoms with Gasteiger partial charge in [0.1, 0.15) is 0 Å². The van der Waals surface area contributed by atoms with Crippen molar-refractivity contribution in [3.05, 3.63) is 56.9 Å². The number of hydrogen-bond donors (Lipinski definition) is 3. The highest BCUT2D eigenvalue weighted by atomic mass is 35.5. The number of nitrogens with zero attached hydrogens (tertiary/aromatic N) is 2. The van der Waals surface area contributed by atoms with E-state index in [0.29, 0.717) is 28.6 Å². The maximum atomic E-state index is 14.9. The third-order valence-corrected chi connectivity index (χ3v) is 5.68. The molecule has 1 aromatic heterocycles. The molecule has 1 aromatic carbocycles. The van der Waals surface area contributed by atoms with Crippen LogP contribution in [0.1, 0.15) is 36.6 Å². The number of carbonyl (C=O) groups is 1. The molecule has 0 saturated heterocycles. The molecule has 1 aliphatic rings. The fraction of sp³-hybridized carbons (Fsp3) is 0.400. The van der Waals surface area contributed by atoms with Crippen molar-refractivity contribution in [1.29, 1.82) is 0 Å². The third kappa shape index (κ3) is 4.91. The van der Waals surface area contributed by atoms with Crippen LogP contribution in [-0.2, 0) is 13.0 Å². The molecule has 29 heavy (non-hydrogen) atoms. The zero-order valence-corrected chi connectivity index (χ0v) is 17.7. The van der Waals surface area contributed by atoms with Crippen LogP contribution in [0.25, 0.3) is 0 Å². The Kier molecular flexibility index (Phi) is 6.82. The highest BCUT2D eigenvalue weighted by Gasteiger charge is 2.26. The first-order chi connectivity index (χ1) is 13.8. The van der Waals surface area contributed by atoms with Crippen LogP contribution in [0.3, 0.4) is 0 Å². The van der Waals surface area contributed by atoms with Gasteiger partial charge in [0.05, 0.1) is 29.2 Å². The van der Waals surface area contributed by atoms with Crippen LogP contribution in [0.2, 0.25) is 10.0 Å². The first-order valence-electron chi connectivity index (χ1n) is 9.34. The molecule has 6 nitrogen and oxygen atoms in total. The standard InChI is InChI=1S/C20H23Cl2FN4O2/c1-11(10-28)25-19-18(23)15-9-27(6-5-14(15)8-24-19)20(29)26-12(2)13-3-4-16(21)17(22)7-13/h3-4,7-8,11-12,28H,5-6,9-10H2,1-2H3,(H,24,25)(H,26,29). The van der Waals surface area contributed by atoms with E-state index in [0.717, 1.165) is 11.1 Å². The van der Waals surface area contributed by atoms with E-state index in [9.17, 15) is 9.18 Å². The number of anilines is 1. The van der Waals surface area contributed by atoms with Gasteiger partial charge in [-0.15, -0.1) is 0 Å². The second kappa shape index (κ2) is 9.15. The molecule has 0 bridgehead atoms. The summed E-state index contributed by atoms with van der Waals surface area (Å²) in [4.78, 5) is 18.4. The van der Waals surface area contributed by atoms with E-state index in [1.165, 1.54) is 0 Å². The monoisotopic (exact) mass is 440 g/mol. The van der Waals surface area contributed by atoms with Gasteiger partial charge in [0.2, 0.25) is 0 Å². The first-order valence-corrected chi connectivity index (χ1v) is 10.1. The molecule has 0 radical (unpaired) electrons. The van der Waals surface area contributed by atoms with Gasteiger partial charge in [-0.05, 0) is 43.5 Å². The van der Waals surface area contributed by atoms with Gasteiger partial charge in [0.15, 0.2) is 11.6 Å². The first kappa shape index (κ1) is 21.6. The normalized spacial score (nSPS) is 15.4. The van der Waals surface area contributed by atoms with Crippen molar-refractivity contribution < 1.29 is 14.3 Å². The summed E-state index contributed by atoms with van der Waals surface area (Å²) < 4.78 is 14.9. The largest absolute Gasteiger partial charge is 0.394 e. The minimum Gasteiger partial charge on any atom is -0.394 e. The fourth-order valence-electron chi connectivity index (χ4n) is 3.17. The van der Waals surface area contributed by atoms with E-state index in [1.54, 1.807) is 36.2 Å². The fourth-order valence-corrected chi connectivity index (χ4v) is 3.47. The van der Waals surface area contributed by atoms with Crippen molar-refractivity contribution in [1.82, 2.24) is 15.2 Å². The Morgan fingerprint density at radius 3 is 2.79 bits per heavy atom. The summed E-state index contributed by atoms with van der Waals surface area (Å²) in [5.41, 5.74) is 2.05. The van der Waals surface area contributed by atoms with Crippen molar-refractivity contribution in [3.8, 4) is 0 Å². The summed E-state index contributed by atoms with van der Waals surface area (Å²) in [6.07, 6.45) is 2.14. The lowest BCUT2D eigenvalue weighted by molar-refractivity contribution is 0.188. The molecule has 0 aliphatic carbocycles. The van der Waals surface area contributed by atoms with Crippen molar-refractivity contribution in [3.63, 3.8) is 0 Å². The van der Waals surface area contributed by atoms with Gasteiger partial charge >= 0.3 is 6.03 Å². The summed E-state index contributed by atoms with van der Waals surface area (Å²) in [6, 6.07) is 4.29. The zero-order valence-electron chi connectivity index (χ0n) is 16.2. The second-order valence-electron chi connectivity index (χ2n) is 7.17. The summed E-state index contributed by atoms with van der Waals surface area (Å²) in [5.74, 6) is -0.408. The molecule has 2 heterocycles. The predicted molar refractivity (Wildman–Crippen MR) is 112 cm³/mol. The molecule has 0 spiro atoms. The van der Waals surface area contributed by atoms with E-state index >= 15 is 0 Å². The minimum atomic E-state index is -0.488. The maximum Gasteiger partial charge on any atom is 0.318 e. The summed E-state index contributed by atoms with van der Waals surface area (Å²) in [7, 11) is 0.